The van der Waals surface area contributed by atoms with E-state index in [1.54, 1.807) is 11.3 Å². The van der Waals surface area contributed by atoms with E-state index in [2.05, 4.69) is 71.3 Å². The molecule has 0 atom stereocenters. The van der Waals surface area contributed by atoms with Crippen LogP contribution >= 0.6 is 77.4 Å². The van der Waals surface area contributed by atoms with Crippen LogP contribution in [0.1, 0.15) is 12.6 Å². The van der Waals surface area contributed by atoms with Gasteiger partial charge in [0.1, 0.15) is 5.15 Å². The minimum atomic E-state index is 0.521. The minimum Gasteiger partial charge on any atom is -0.231 e. The fraction of sp³-hybridized carbons (Fsp3) is 0.200. The molecule has 0 aromatic carbocycles. The van der Waals surface area contributed by atoms with Gasteiger partial charge in [-0.3, -0.25) is 0 Å². The molecular weight excluding hydrogens is 502 g/mol. The lowest BCUT2D eigenvalue weighted by Crippen LogP contribution is -1.98. The summed E-state index contributed by atoms with van der Waals surface area (Å²) < 4.78 is 2.97. The zero-order chi connectivity index (χ0) is 12.6. The summed E-state index contributed by atoms with van der Waals surface area (Å²) in [6.07, 6.45) is 0.848. The van der Waals surface area contributed by atoms with E-state index in [1.807, 2.05) is 6.07 Å². The third kappa shape index (κ3) is 3.02. The molecule has 2 aromatic heterocycles. The van der Waals surface area contributed by atoms with E-state index in [1.165, 1.54) is 0 Å². The summed E-state index contributed by atoms with van der Waals surface area (Å²) in [5, 5.41) is 0.521. The molecule has 7 heteroatoms. The average molecular weight is 508 g/mol. The van der Waals surface area contributed by atoms with Gasteiger partial charge in [-0.05, 0) is 66.9 Å². The second-order valence-electron chi connectivity index (χ2n) is 3.18. The van der Waals surface area contributed by atoms with Crippen LogP contribution in [0.15, 0.2) is 14.3 Å². The molecule has 2 aromatic rings. The van der Waals surface area contributed by atoms with Gasteiger partial charge >= 0.3 is 0 Å². The van der Waals surface area contributed by atoms with Crippen LogP contribution < -0.4 is 0 Å². The van der Waals surface area contributed by atoms with Crippen molar-refractivity contribution in [2.45, 2.75) is 13.3 Å². The van der Waals surface area contributed by atoms with E-state index in [-0.39, 0.29) is 0 Å². The van der Waals surface area contributed by atoms with Crippen molar-refractivity contribution in [3.05, 3.63) is 28.7 Å². The van der Waals surface area contributed by atoms with Gasteiger partial charge in [0, 0.05) is 4.47 Å². The Labute approximate surface area is 139 Å². The van der Waals surface area contributed by atoms with Crippen molar-refractivity contribution in [2.75, 3.05) is 0 Å². The molecule has 0 radical (unpaired) electrons. The third-order valence-electron chi connectivity index (χ3n) is 2.08. The molecule has 2 heterocycles. The van der Waals surface area contributed by atoms with Crippen molar-refractivity contribution in [2.24, 2.45) is 0 Å². The van der Waals surface area contributed by atoms with Gasteiger partial charge in [0.15, 0.2) is 5.82 Å². The highest BCUT2D eigenvalue weighted by molar-refractivity contribution is 14.1. The van der Waals surface area contributed by atoms with Gasteiger partial charge in [0.05, 0.1) is 17.9 Å². The summed E-state index contributed by atoms with van der Waals surface area (Å²) in [7, 11) is 0. The molecule has 0 fully saturated rings. The minimum absolute atomic E-state index is 0.521. The normalized spacial score (nSPS) is 10.9. The van der Waals surface area contributed by atoms with E-state index in [4.69, 9.17) is 11.6 Å². The highest BCUT2D eigenvalue weighted by Crippen LogP contribution is 2.37. The Morgan fingerprint density at radius 2 is 2.12 bits per heavy atom. The summed E-state index contributed by atoms with van der Waals surface area (Å²) in [6.45, 7) is 2.06. The predicted octanol–water partition coefficient (Wildman–Crippen LogP) is 5.55. The first-order valence-electron chi connectivity index (χ1n) is 4.70. The predicted molar refractivity (Wildman–Crippen MR) is 87.9 cm³/mol. The van der Waals surface area contributed by atoms with Gasteiger partial charge < -0.3 is 0 Å². The maximum absolute atomic E-state index is 6.12. The molecule has 0 aliphatic heterocycles. The molecule has 0 aliphatic carbocycles. The number of hydrogen-bond acceptors (Lipinski definition) is 3. The van der Waals surface area contributed by atoms with Crippen molar-refractivity contribution < 1.29 is 0 Å². The second-order valence-corrected chi connectivity index (χ2v) is 7.85. The molecular formula is C10H6Br2ClIN2S. The van der Waals surface area contributed by atoms with Crippen molar-refractivity contribution in [1.29, 1.82) is 0 Å². The van der Waals surface area contributed by atoms with Crippen LogP contribution in [0.25, 0.3) is 10.7 Å². The zero-order valence-corrected chi connectivity index (χ0v) is 15.5. The number of hydrogen-bond donors (Lipinski definition) is 0. The first kappa shape index (κ1) is 14.2. The Bertz CT molecular complexity index is 554. The van der Waals surface area contributed by atoms with E-state index in [9.17, 15) is 0 Å². The summed E-state index contributed by atoms with van der Waals surface area (Å²) >= 11 is 16.8. The van der Waals surface area contributed by atoms with Crippen LogP contribution in [0.3, 0.4) is 0 Å². The molecule has 0 spiro atoms. The average Bonchev–Trinajstić information content (AvgIpc) is 2.63. The summed E-state index contributed by atoms with van der Waals surface area (Å²) in [6, 6.07) is 1.99. The quantitative estimate of drug-likeness (QED) is 0.393. The molecule has 0 N–H and O–H groups in total. The number of rotatable bonds is 2. The van der Waals surface area contributed by atoms with Gasteiger partial charge in [0.2, 0.25) is 0 Å². The van der Waals surface area contributed by atoms with Gasteiger partial charge in [-0.2, -0.15) is 0 Å². The molecule has 0 aliphatic rings. The van der Waals surface area contributed by atoms with Crippen molar-refractivity contribution in [3.8, 4) is 10.7 Å². The largest absolute Gasteiger partial charge is 0.231 e. The van der Waals surface area contributed by atoms with E-state index < -0.39 is 0 Å². The monoisotopic (exact) mass is 506 g/mol. The lowest BCUT2D eigenvalue weighted by Gasteiger charge is -2.04. The zero-order valence-electron chi connectivity index (χ0n) is 8.60. The number of aromatic nitrogens is 2. The molecule has 0 unspecified atom stereocenters. The maximum atomic E-state index is 6.12. The van der Waals surface area contributed by atoms with Crippen molar-refractivity contribution in [1.82, 2.24) is 9.97 Å². The van der Waals surface area contributed by atoms with Crippen molar-refractivity contribution in [3.63, 3.8) is 0 Å². The molecule has 0 saturated carbocycles. The van der Waals surface area contributed by atoms with Crippen LogP contribution in [0, 0.1) is 3.57 Å². The van der Waals surface area contributed by atoms with Crippen LogP contribution in [0.5, 0.6) is 0 Å². The van der Waals surface area contributed by atoms with Gasteiger partial charge in [0.25, 0.3) is 0 Å². The molecule has 0 bridgehead atoms. The SMILES string of the molecule is CCc1nc(-c2cc(Br)c(Br)s2)nc(Cl)c1I. The second kappa shape index (κ2) is 5.81. The molecule has 2 nitrogen and oxygen atoms in total. The first-order valence-corrected chi connectivity index (χ1v) is 8.56. The number of nitrogens with zero attached hydrogens (tertiary/aromatic N) is 2. The molecule has 90 valence electrons. The third-order valence-corrected chi connectivity index (χ3v) is 7.06. The van der Waals surface area contributed by atoms with Gasteiger partial charge in [-0.15, -0.1) is 11.3 Å². The molecule has 2 rings (SSSR count). The fourth-order valence-electron chi connectivity index (χ4n) is 1.26. The number of thiophene rings is 1. The highest BCUT2D eigenvalue weighted by atomic mass is 127. The Morgan fingerprint density at radius 3 is 2.65 bits per heavy atom. The Hall–Kier alpha value is 0.760. The lowest BCUT2D eigenvalue weighted by atomic mass is 10.3. The van der Waals surface area contributed by atoms with E-state index >= 15 is 0 Å². The van der Waals surface area contributed by atoms with Gasteiger partial charge in [-0.25, -0.2) is 9.97 Å². The molecule has 0 saturated heterocycles. The smallest absolute Gasteiger partial charge is 0.171 e. The highest BCUT2D eigenvalue weighted by Gasteiger charge is 2.13. The summed E-state index contributed by atoms with van der Waals surface area (Å²) in [5.74, 6) is 0.684. The first-order chi connectivity index (χ1) is 8.02. The van der Waals surface area contributed by atoms with Crippen molar-refractivity contribution >= 4 is 77.4 Å². The Balaban J connectivity index is 2.56. The fourth-order valence-corrected chi connectivity index (χ4v) is 4.05. The lowest BCUT2D eigenvalue weighted by molar-refractivity contribution is 0.992. The summed E-state index contributed by atoms with van der Waals surface area (Å²) in [4.78, 5) is 9.86. The maximum Gasteiger partial charge on any atom is 0.171 e. The van der Waals surface area contributed by atoms with Crippen LogP contribution in [0.2, 0.25) is 5.15 Å². The number of halogens is 4. The number of aryl methyl sites for hydroxylation is 1. The molecule has 0 amide bonds. The van der Waals surface area contributed by atoms with E-state index in [0.29, 0.717) is 11.0 Å². The Morgan fingerprint density at radius 1 is 1.41 bits per heavy atom. The van der Waals surface area contributed by atoms with Crippen LogP contribution in [-0.2, 0) is 6.42 Å². The standard InChI is InChI=1S/C10H6Br2ClIN2S/c1-2-5-7(14)9(13)16-10(15-5)6-3-4(11)8(12)17-6/h3H,2H2,1H3. The topological polar surface area (TPSA) is 25.8 Å². The van der Waals surface area contributed by atoms with Crippen LogP contribution in [0.4, 0.5) is 0 Å². The van der Waals surface area contributed by atoms with E-state index in [0.717, 1.165) is 28.8 Å². The van der Waals surface area contributed by atoms with Gasteiger partial charge in [-0.1, -0.05) is 18.5 Å². The van der Waals surface area contributed by atoms with Crippen LogP contribution in [-0.4, -0.2) is 9.97 Å². The molecule has 17 heavy (non-hydrogen) atoms. The Kier molecular flexibility index (Phi) is 4.85. The summed E-state index contributed by atoms with van der Waals surface area (Å²) in [5.41, 5.74) is 0.987.